The SMILES string of the molecule is CO/N=C1/C[C@H](c2ccc(F)cc2-c2cccnc2F)Cc2nc(N)nc(C)c21. The number of rotatable bonds is 3. The summed E-state index contributed by atoms with van der Waals surface area (Å²) in [6.07, 6.45) is 2.40. The lowest BCUT2D eigenvalue weighted by Crippen LogP contribution is -2.24. The van der Waals surface area contributed by atoms with Gasteiger partial charge in [0.25, 0.3) is 0 Å². The van der Waals surface area contributed by atoms with Gasteiger partial charge in [0.2, 0.25) is 11.9 Å². The highest BCUT2D eigenvalue weighted by Crippen LogP contribution is 2.39. The van der Waals surface area contributed by atoms with Crippen LogP contribution in [0.1, 0.15) is 34.9 Å². The second-order valence-corrected chi connectivity index (χ2v) is 6.89. The second kappa shape index (κ2) is 7.54. The van der Waals surface area contributed by atoms with E-state index in [-0.39, 0.29) is 17.4 Å². The van der Waals surface area contributed by atoms with Crippen molar-refractivity contribution in [2.24, 2.45) is 5.16 Å². The minimum atomic E-state index is -0.649. The molecule has 8 heteroatoms. The van der Waals surface area contributed by atoms with Crippen LogP contribution in [-0.4, -0.2) is 27.8 Å². The second-order valence-electron chi connectivity index (χ2n) is 6.89. The molecule has 0 saturated heterocycles. The summed E-state index contributed by atoms with van der Waals surface area (Å²) in [6.45, 7) is 1.84. The molecule has 0 spiro atoms. The average molecular weight is 395 g/mol. The molecule has 3 aromatic rings. The number of hydrogen-bond donors (Lipinski definition) is 1. The predicted octanol–water partition coefficient (Wildman–Crippen LogP) is 3.79. The maximum atomic E-state index is 14.4. The van der Waals surface area contributed by atoms with E-state index < -0.39 is 11.8 Å². The van der Waals surface area contributed by atoms with Gasteiger partial charge in [0.1, 0.15) is 12.9 Å². The molecule has 0 radical (unpaired) electrons. The third kappa shape index (κ3) is 3.53. The quantitative estimate of drug-likeness (QED) is 0.539. The van der Waals surface area contributed by atoms with E-state index in [4.69, 9.17) is 10.6 Å². The van der Waals surface area contributed by atoms with Gasteiger partial charge in [0.05, 0.1) is 17.1 Å². The number of fused-ring (bicyclic) bond motifs is 1. The van der Waals surface area contributed by atoms with E-state index in [0.717, 1.165) is 22.5 Å². The number of benzene rings is 1. The monoisotopic (exact) mass is 395 g/mol. The summed E-state index contributed by atoms with van der Waals surface area (Å²) in [6, 6.07) is 7.59. The topological polar surface area (TPSA) is 86.3 Å². The molecular weight excluding hydrogens is 376 g/mol. The van der Waals surface area contributed by atoms with Gasteiger partial charge in [-0.2, -0.15) is 4.39 Å². The fourth-order valence-electron chi connectivity index (χ4n) is 3.94. The summed E-state index contributed by atoms with van der Waals surface area (Å²) in [5.74, 6) is -1.04. The number of nitrogen functional groups attached to an aromatic ring is 1. The molecule has 0 fully saturated rings. The van der Waals surface area contributed by atoms with Crippen LogP contribution in [0.15, 0.2) is 41.7 Å². The molecule has 0 amide bonds. The van der Waals surface area contributed by atoms with Gasteiger partial charge in [-0.15, -0.1) is 0 Å². The van der Waals surface area contributed by atoms with Gasteiger partial charge in [-0.25, -0.2) is 19.3 Å². The van der Waals surface area contributed by atoms with E-state index in [1.54, 1.807) is 18.2 Å². The molecule has 1 atom stereocenters. The van der Waals surface area contributed by atoms with E-state index in [9.17, 15) is 8.78 Å². The summed E-state index contributed by atoms with van der Waals surface area (Å²) < 4.78 is 28.4. The zero-order valence-corrected chi connectivity index (χ0v) is 16.0. The van der Waals surface area contributed by atoms with Crippen LogP contribution in [0.4, 0.5) is 14.7 Å². The van der Waals surface area contributed by atoms with Crippen molar-refractivity contribution in [1.82, 2.24) is 15.0 Å². The fraction of sp³-hybridized carbons (Fsp3) is 0.238. The third-order valence-corrected chi connectivity index (χ3v) is 5.06. The zero-order valence-electron chi connectivity index (χ0n) is 16.0. The molecule has 29 heavy (non-hydrogen) atoms. The first-order valence-corrected chi connectivity index (χ1v) is 9.11. The van der Waals surface area contributed by atoms with E-state index in [0.29, 0.717) is 24.1 Å². The fourth-order valence-corrected chi connectivity index (χ4v) is 3.94. The molecule has 148 valence electrons. The first-order chi connectivity index (χ1) is 14.0. The number of nitrogens with zero attached hydrogens (tertiary/aromatic N) is 4. The molecule has 2 N–H and O–H groups in total. The molecule has 2 aromatic heterocycles. The van der Waals surface area contributed by atoms with Crippen LogP contribution in [0.25, 0.3) is 11.1 Å². The molecule has 0 unspecified atom stereocenters. The Hall–Kier alpha value is -3.42. The Kier molecular flexibility index (Phi) is 4.92. The molecule has 6 nitrogen and oxygen atoms in total. The van der Waals surface area contributed by atoms with E-state index in [1.807, 2.05) is 6.92 Å². The first-order valence-electron chi connectivity index (χ1n) is 9.11. The van der Waals surface area contributed by atoms with Gasteiger partial charge in [-0.05, 0) is 54.7 Å². The van der Waals surface area contributed by atoms with Gasteiger partial charge in [0, 0.05) is 23.7 Å². The van der Waals surface area contributed by atoms with Crippen LogP contribution in [0.2, 0.25) is 0 Å². The van der Waals surface area contributed by atoms with Crippen molar-refractivity contribution >= 4 is 11.7 Å². The highest BCUT2D eigenvalue weighted by molar-refractivity contribution is 6.03. The molecule has 0 saturated carbocycles. The van der Waals surface area contributed by atoms with Crippen molar-refractivity contribution in [2.45, 2.75) is 25.7 Å². The molecule has 1 aromatic carbocycles. The summed E-state index contributed by atoms with van der Waals surface area (Å²) in [7, 11) is 1.47. The number of aryl methyl sites for hydroxylation is 1. The summed E-state index contributed by atoms with van der Waals surface area (Å²) in [5, 5.41) is 4.16. The minimum absolute atomic E-state index is 0.125. The Labute approximate surface area is 166 Å². The van der Waals surface area contributed by atoms with Crippen molar-refractivity contribution < 1.29 is 13.6 Å². The molecule has 4 rings (SSSR count). The predicted molar refractivity (Wildman–Crippen MR) is 105 cm³/mol. The lowest BCUT2D eigenvalue weighted by Gasteiger charge is -2.27. The van der Waals surface area contributed by atoms with E-state index >= 15 is 0 Å². The molecular formula is C21H19F2N5O. The van der Waals surface area contributed by atoms with Crippen molar-refractivity contribution in [1.29, 1.82) is 0 Å². The molecule has 0 aliphatic heterocycles. The van der Waals surface area contributed by atoms with Gasteiger partial charge >= 0.3 is 0 Å². The lowest BCUT2D eigenvalue weighted by molar-refractivity contribution is 0.212. The Morgan fingerprint density at radius 2 is 1.97 bits per heavy atom. The van der Waals surface area contributed by atoms with Crippen molar-refractivity contribution in [3.05, 3.63) is 70.8 Å². The summed E-state index contributed by atoms with van der Waals surface area (Å²) in [5.41, 5.74) is 10.3. The Bertz CT molecular complexity index is 1120. The van der Waals surface area contributed by atoms with Gasteiger partial charge < -0.3 is 10.6 Å². The van der Waals surface area contributed by atoms with Crippen LogP contribution < -0.4 is 5.73 Å². The van der Waals surface area contributed by atoms with Gasteiger partial charge in [-0.1, -0.05) is 11.2 Å². The van der Waals surface area contributed by atoms with Crippen molar-refractivity contribution in [3.8, 4) is 11.1 Å². The average Bonchev–Trinajstić information content (AvgIpc) is 2.67. The smallest absolute Gasteiger partial charge is 0.220 e. The maximum absolute atomic E-state index is 14.4. The molecule has 2 heterocycles. The largest absolute Gasteiger partial charge is 0.399 e. The number of oxime groups is 1. The summed E-state index contributed by atoms with van der Waals surface area (Å²) in [4.78, 5) is 17.4. The Morgan fingerprint density at radius 3 is 2.72 bits per heavy atom. The number of nitrogens with two attached hydrogens (primary N) is 1. The Morgan fingerprint density at radius 1 is 1.14 bits per heavy atom. The number of halogens is 2. The standard InChI is InChI=1S/C21H19F2N5O/c1-11-19-17(27-21(24)26-11)8-12(9-18(19)28-29-2)14-6-5-13(22)10-16(14)15-4-3-7-25-20(15)23/h3-7,10,12H,8-9H2,1-2H3,(H2,24,26,27)/b28-18-/t12-/m1/s1. The van der Waals surface area contributed by atoms with Crippen LogP contribution >= 0.6 is 0 Å². The van der Waals surface area contributed by atoms with Crippen LogP contribution in [0.5, 0.6) is 0 Å². The van der Waals surface area contributed by atoms with Gasteiger partial charge in [0.15, 0.2) is 0 Å². The molecule has 1 aliphatic carbocycles. The van der Waals surface area contributed by atoms with Gasteiger partial charge in [-0.3, -0.25) is 0 Å². The first kappa shape index (κ1) is 18.9. The lowest BCUT2D eigenvalue weighted by atomic mass is 9.78. The van der Waals surface area contributed by atoms with E-state index in [2.05, 4.69) is 20.1 Å². The number of hydrogen-bond acceptors (Lipinski definition) is 6. The van der Waals surface area contributed by atoms with Crippen molar-refractivity contribution in [2.75, 3.05) is 12.8 Å². The van der Waals surface area contributed by atoms with Crippen LogP contribution in [0.3, 0.4) is 0 Å². The minimum Gasteiger partial charge on any atom is -0.399 e. The van der Waals surface area contributed by atoms with Crippen molar-refractivity contribution in [3.63, 3.8) is 0 Å². The number of anilines is 1. The van der Waals surface area contributed by atoms with E-state index in [1.165, 1.54) is 25.4 Å². The molecule has 1 aliphatic rings. The van der Waals surface area contributed by atoms with Crippen LogP contribution in [-0.2, 0) is 11.3 Å². The number of aromatic nitrogens is 3. The zero-order chi connectivity index (χ0) is 20.5. The summed E-state index contributed by atoms with van der Waals surface area (Å²) >= 11 is 0. The number of pyridine rings is 1. The van der Waals surface area contributed by atoms with Crippen LogP contribution in [0, 0.1) is 18.7 Å². The maximum Gasteiger partial charge on any atom is 0.220 e. The highest BCUT2D eigenvalue weighted by atomic mass is 19.1. The third-order valence-electron chi connectivity index (χ3n) is 5.06. The highest BCUT2D eigenvalue weighted by Gasteiger charge is 2.31. The normalized spacial score (nSPS) is 17.2. The Balaban J connectivity index is 1.86. The molecule has 0 bridgehead atoms.